The molecular weight excluding hydrogens is 314 g/mol. The second-order valence-electron chi connectivity index (χ2n) is 5.83. The van der Waals surface area contributed by atoms with Crippen LogP contribution < -0.4 is 15.3 Å². The van der Waals surface area contributed by atoms with Gasteiger partial charge in [0.1, 0.15) is 21.5 Å². The smallest absolute Gasteiger partial charge is 0.352 e. The van der Waals surface area contributed by atoms with Gasteiger partial charge in [0.2, 0.25) is 5.88 Å². The highest BCUT2D eigenvalue weighted by Gasteiger charge is 2.28. The summed E-state index contributed by atoms with van der Waals surface area (Å²) in [6.07, 6.45) is 0. The molecule has 24 heavy (non-hydrogen) atoms. The summed E-state index contributed by atoms with van der Waals surface area (Å²) in [7, 11) is 13.5. The van der Waals surface area contributed by atoms with E-state index in [1.165, 1.54) is 16.7 Å². The number of nitrogens with zero attached hydrogens (tertiary/aromatic N) is 3. The minimum absolute atomic E-state index is 0.00511. The molecule has 1 aliphatic rings. The van der Waals surface area contributed by atoms with E-state index in [1.54, 1.807) is 0 Å². The van der Waals surface area contributed by atoms with Crippen molar-refractivity contribution in [2.75, 3.05) is 11.9 Å². The van der Waals surface area contributed by atoms with Gasteiger partial charge in [-0.2, -0.15) is 4.98 Å². The number of likely N-dealkylation sites (N-methyl/N-ethyl adjacent to an activating group) is 1. The molecule has 3 rings (SSSR count). The average Bonchev–Trinajstić information content (AvgIpc) is 2.78. The van der Waals surface area contributed by atoms with E-state index in [4.69, 9.17) is 20.4 Å². The summed E-state index contributed by atoms with van der Waals surface area (Å²) >= 11 is 0. The minimum Gasteiger partial charge on any atom is -0.487 e. The predicted octanol–water partition coefficient (Wildman–Crippen LogP) is 0.886. The molecule has 4 radical (unpaired) electrons. The SMILES string of the molecule is [B]C([B])(Oc1cc2n(c(=O)n1)C[C@H](C)N2C)c1ccc(F)c(F)c1. The zero-order chi connectivity index (χ0) is 17.6. The molecule has 0 fully saturated rings. The van der Waals surface area contributed by atoms with Crippen LogP contribution in [0.15, 0.2) is 29.1 Å². The van der Waals surface area contributed by atoms with Crippen LogP contribution in [0.25, 0.3) is 0 Å². The molecule has 0 amide bonds. The fourth-order valence-corrected chi connectivity index (χ4v) is 2.57. The van der Waals surface area contributed by atoms with Crippen molar-refractivity contribution in [3.63, 3.8) is 0 Å². The predicted molar refractivity (Wildman–Crippen MR) is 86.5 cm³/mol. The monoisotopic (exact) mass is 327 g/mol. The van der Waals surface area contributed by atoms with Crippen LogP contribution in [0, 0.1) is 11.6 Å². The number of rotatable bonds is 3. The molecule has 0 saturated heterocycles. The minimum atomic E-state index is -1.98. The van der Waals surface area contributed by atoms with Crippen molar-refractivity contribution >= 4 is 21.5 Å². The summed E-state index contributed by atoms with van der Waals surface area (Å²) in [6, 6.07) is 4.58. The molecule has 1 aliphatic heterocycles. The van der Waals surface area contributed by atoms with Crippen LogP contribution in [0.2, 0.25) is 0 Å². The molecule has 1 atom stereocenters. The van der Waals surface area contributed by atoms with Gasteiger partial charge >= 0.3 is 5.69 Å². The topological polar surface area (TPSA) is 47.4 Å². The molecule has 0 bridgehead atoms. The van der Waals surface area contributed by atoms with Crippen LogP contribution in [-0.2, 0) is 11.9 Å². The number of fused-ring (bicyclic) bond motifs is 1. The summed E-state index contributed by atoms with van der Waals surface area (Å²) in [6.45, 7) is 2.47. The van der Waals surface area contributed by atoms with E-state index in [9.17, 15) is 13.6 Å². The highest BCUT2D eigenvalue weighted by atomic mass is 19.2. The second-order valence-corrected chi connectivity index (χ2v) is 5.83. The molecule has 5 nitrogen and oxygen atoms in total. The second kappa shape index (κ2) is 5.65. The molecule has 1 aromatic heterocycles. The summed E-state index contributed by atoms with van der Waals surface area (Å²) in [5.41, 5.74) is -0.495. The number of benzene rings is 1. The number of aromatic nitrogens is 2. The Kier molecular flexibility index (Phi) is 3.89. The van der Waals surface area contributed by atoms with Crippen LogP contribution in [-0.4, -0.2) is 38.3 Å². The first-order valence-electron chi connectivity index (χ1n) is 7.26. The van der Waals surface area contributed by atoms with Gasteiger partial charge in [-0.05, 0) is 24.6 Å². The third kappa shape index (κ3) is 2.79. The number of hydrogen-bond donors (Lipinski definition) is 0. The van der Waals surface area contributed by atoms with Gasteiger partial charge in [-0.15, -0.1) is 0 Å². The van der Waals surface area contributed by atoms with Gasteiger partial charge in [0.15, 0.2) is 11.6 Å². The number of anilines is 1. The number of hydrogen-bond acceptors (Lipinski definition) is 4. The molecule has 0 aliphatic carbocycles. The number of halogens is 2. The van der Waals surface area contributed by atoms with E-state index in [0.717, 1.165) is 12.1 Å². The highest BCUT2D eigenvalue weighted by molar-refractivity contribution is 6.39. The molecule has 2 heterocycles. The van der Waals surface area contributed by atoms with Gasteiger partial charge in [0.25, 0.3) is 0 Å². The maximum Gasteiger partial charge on any atom is 0.352 e. The zero-order valence-corrected chi connectivity index (χ0v) is 13.2. The first-order valence-corrected chi connectivity index (χ1v) is 7.26. The van der Waals surface area contributed by atoms with E-state index < -0.39 is 22.7 Å². The molecule has 2 aromatic rings. The Morgan fingerprint density at radius 1 is 1.29 bits per heavy atom. The molecule has 9 heteroatoms. The molecule has 0 unspecified atom stereocenters. The fourth-order valence-electron chi connectivity index (χ4n) is 2.57. The Morgan fingerprint density at radius 3 is 2.67 bits per heavy atom. The van der Waals surface area contributed by atoms with E-state index >= 15 is 0 Å². The largest absolute Gasteiger partial charge is 0.487 e. The van der Waals surface area contributed by atoms with E-state index in [1.807, 2.05) is 18.9 Å². The lowest BCUT2D eigenvalue weighted by molar-refractivity contribution is 0.232. The zero-order valence-electron chi connectivity index (χ0n) is 13.2. The van der Waals surface area contributed by atoms with Gasteiger partial charge in [0.05, 0.1) is 5.40 Å². The third-order valence-electron chi connectivity index (χ3n) is 4.08. The lowest BCUT2D eigenvalue weighted by Gasteiger charge is -2.28. The first kappa shape index (κ1) is 16.5. The standard InChI is InChI=1S/C15H13B2F2N3O2/c1-8-7-22-13(21(8)2)6-12(20-14(22)23)24-15(16,17)9-3-4-10(18)11(19)5-9/h3-6,8H,7H2,1-2H3/t8-/m0/s1. The van der Waals surface area contributed by atoms with Crippen LogP contribution in [0.4, 0.5) is 14.6 Å². The van der Waals surface area contributed by atoms with E-state index in [0.29, 0.717) is 12.4 Å². The molecule has 0 N–H and O–H groups in total. The van der Waals surface area contributed by atoms with Gasteiger partial charge in [-0.25, -0.2) is 13.6 Å². The van der Waals surface area contributed by atoms with Crippen molar-refractivity contribution in [1.82, 2.24) is 9.55 Å². The quantitative estimate of drug-likeness (QED) is 0.786. The van der Waals surface area contributed by atoms with Crippen LogP contribution in [0.5, 0.6) is 5.88 Å². The Balaban J connectivity index is 1.95. The van der Waals surface area contributed by atoms with E-state index in [-0.39, 0.29) is 17.5 Å². The summed E-state index contributed by atoms with van der Waals surface area (Å²) in [4.78, 5) is 17.8. The van der Waals surface area contributed by atoms with Crippen LogP contribution in [0.3, 0.4) is 0 Å². The summed E-state index contributed by atoms with van der Waals surface area (Å²) < 4.78 is 33.3. The fraction of sp³-hybridized carbons (Fsp3) is 0.333. The Hall–Kier alpha value is -2.31. The van der Waals surface area contributed by atoms with Crippen molar-refractivity contribution in [1.29, 1.82) is 0 Å². The molecule has 120 valence electrons. The normalized spacial score (nSPS) is 17.0. The highest BCUT2D eigenvalue weighted by Crippen LogP contribution is 2.28. The van der Waals surface area contributed by atoms with Crippen molar-refractivity contribution in [2.24, 2.45) is 0 Å². The van der Waals surface area contributed by atoms with Crippen molar-refractivity contribution < 1.29 is 13.5 Å². The first-order chi connectivity index (χ1) is 11.2. The Morgan fingerprint density at radius 2 is 2.00 bits per heavy atom. The average molecular weight is 327 g/mol. The molecule has 0 spiro atoms. The maximum atomic E-state index is 13.4. The molecule has 0 saturated carbocycles. The van der Waals surface area contributed by atoms with Gasteiger partial charge in [-0.3, -0.25) is 4.57 Å². The van der Waals surface area contributed by atoms with Crippen LogP contribution in [0.1, 0.15) is 12.5 Å². The van der Waals surface area contributed by atoms with Crippen molar-refractivity contribution in [2.45, 2.75) is 24.9 Å². The van der Waals surface area contributed by atoms with Gasteiger partial charge in [-0.1, -0.05) is 6.07 Å². The lowest BCUT2D eigenvalue weighted by atomic mass is 9.61. The molecular formula is C15H13B2F2N3O2. The van der Waals surface area contributed by atoms with E-state index in [2.05, 4.69) is 4.98 Å². The Labute approximate surface area is 140 Å². The maximum absolute atomic E-state index is 13.4. The Bertz CT molecular complexity index is 857. The van der Waals surface area contributed by atoms with Gasteiger partial charge < -0.3 is 9.64 Å². The van der Waals surface area contributed by atoms with Crippen molar-refractivity contribution in [3.05, 3.63) is 51.9 Å². The molecule has 1 aromatic carbocycles. The summed E-state index contributed by atoms with van der Waals surface area (Å²) in [5.74, 6) is -1.62. The third-order valence-corrected chi connectivity index (χ3v) is 4.08. The summed E-state index contributed by atoms with van der Waals surface area (Å²) in [5, 5.41) is -1.98. The van der Waals surface area contributed by atoms with Crippen molar-refractivity contribution in [3.8, 4) is 5.88 Å². The lowest BCUT2D eigenvalue weighted by Crippen LogP contribution is -2.35. The van der Waals surface area contributed by atoms with Crippen LogP contribution >= 0.6 is 0 Å². The number of ether oxygens (including phenoxy) is 1. The van der Waals surface area contributed by atoms with Gasteiger partial charge in [0, 0.05) is 25.7 Å².